The Labute approximate surface area is 86.5 Å². The minimum absolute atomic E-state index is 1.08. The molecule has 0 aliphatic heterocycles. The predicted octanol–water partition coefficient (Wildman–Crippen LogP) is 2.33. The van der Waals surface area contributed by atoms with E-state index < -0.39 is 0 Å². The van der Waals surface area contributed by atoms with Crippen molar-refractivity contribution in [1.82, 2.24) is 4.98 Å². The van der Waals surface area contributed by atoms with Gasteiger partial charge in [-0.2, -0.15) is 0 Å². The van der Waals surface area contributed by atoms with E-state index in [1.54, 1.807) is 11.6 Å². The van der Waals surface area contributed by atoms with Gasteiger partial charge in [-0.05, 0) is 26.2 Å². The van der Waals surface area contributed by atoms with Gasteiger partial charge in [0, 0.05) is 11.4 Å². The smallest absolute Gasteiger partial charge is 0.231 e. The molecule has 0 saturated heterocycles. The van der Waals surface area contributed by atoms with Gasteiger partial charge in [0.25, 0.3) is 0 Å². The van der Waals surface area contributed by atoms with E-state index in [9.17, 15) is 0 Å². The number of hydrogen-bond acceptors (Lipinski definition) is 2. The van der Waals surface area contributed by atoms with Crippen LogP contribution in [-0.2, 0) is 0 Å². The summed E-state index contributed by atoms with van der Waals surface area (Å²) in [5.74, 6) is 0. The van der Waals surface area contributed by atoms with Crippen LogP contribution in [0.5, 0.6) is 0 Å². The molecule has 0 aliphatic rings. The lowest BCUT2D eigenvalue weighted by molar-refractivity contribution is 1.14. The van der Waals surface area contributed by atoms with Gasteiger partial charge in [0.05, 0.1) is 0 Å². The van der Waals surface area contributed by atoms with Crippen LogP contribution in [0.4, 0.5) is 0 Å². The quantitative estimate of drug-likeness (QED) is 0.670. The summed E-state index contributed by atoms with van der Waals surface area (Å²) in [6.45, 7) is 10.2. The topological polar surface area (TPSA) is 12.9 Å². The Bertz CT molecular complexity index is 251. The molecule has 1 rings (SSSR count). The second kappa shape index (κ2) is 7.02. The van der Waals surface area contributed by atoms with E-state index in [2.05, 4.69) is 23.9 Å². The lowest BCUT2D eigenvalue weighted by Gasteiger charge is -2.01. The van der Waals surface area contributed by atoms with Gasteiger partial charge in [0.15, 0.2) is 0 Å². The third kappa shape index (κ3) is 4.37. The van der Waals surface area contributed by atoms with Crippen LogP contribution in [0.3, 0.4) is 0 Å². The molecule has 0 spiro atoms. The molecule has 0 saturated carbocycles. The van der Waals surface area contributed by atoms with Gasteiger partial charge in [0.1, 0.15) is 0 Å². The first-order valence-corrected chi connectivity index (χ1v) is 5.83. The van der Waals surface area contributed by atoms with Crippen molar-refractivity contribution < 1.29 is 0 Å². The summed E-state index contributed by atoms with van der Waals surface area (Å²) in [5.41, 5.74) is 3.42. The highest BCUT2D eigenvalue weighted by molar-refractivity contribution is 8.23. The first-order valence-electron chi connectivity index (χ1n) is 4.54. The summed E-state index contributed by atoms with van der Waals surface area (Å²) in [4.78, 5) is 4.35. The van der Waals surface area contributed by atoms with Crippen LogP contribution in [0, 0.1) is 13.8 Å². The molecule has 13 heavy (non-hydrogen) atoms. The highest BCUT2D eigenvalue weighted by Gasteiger charge is 1.99. The molecule has 0 atom stereocenters. The molecule has 1 radical (unpaired) electrons. The normalized spacial score (nSPS) is 8.69. The van der Waals surface area contributed by atoms with Crippen LogP contribution in [0.15, 0.2) is 12.1 Å². The van der Waals surface area contributed by atoms with Gasteiger partial charge in [-0.3, -0.25) is 4.98 Å². The minimum Gasteiger partial charge on any atom is -0.259 e. The lowest BCUT2D eigenvalue weighted by atomic mass is 9.93. The SMILES string of the molecule is CC.CS[B]c1ccc(C)nc1C. The third-order valence-corrected chi connectivity index (χ3v) is 2.00. The van der Waals surface area contributed by atoms with Crippen LogP contribution in [0.1, 0.15) is 25.2 Å². The second-order valence-corrected chi connectivity index (χ2v) is 3.19. The number of pyridine rings is 1. The molecule has 1 heterocycles. The van der Waals surface area contributed by atoms with Crippen molar-refractivity contribution in [2.24, 2.45) is 0 Å². The van der Waals surface area contributed by atoms with Crippen LogP contribution in [-0.4, -0.2) is 17.8 Å². The van der Waals surface area contributed by atoms with Crippen molar-refractivity contribution in [3.63, 3.8) is 0 Å². The Hall–Kier alpha value is -0.435. The average Bonchev–Trinajstić information content (AvgIpc) is 2.14. The first-order chi connectivity index (χ1) is 6.24. The van der Waals surface area contributed by atoms with Gasteiger partial charge < -0.3 is 0 Å². The van der Waals surface area contributed by atoms with E-state index in [-0.39, 0.29) is 0 Å². The Morgan fingerprint density at radius 2 is 1.85 bits per heavy atom. The molecule has 71 valence electrons. The molecular formula is C10H17BNS. The Morgan fingerprint density at radius 1 is 1.23 bits per heavy atom. The molecule has 0 N–H and O–H groups in total. The summed E-state index contributed by atoms with van der Waals surface area (Å²) in [5, 5.41) is 0. The monoisotopic (exact) mass is 194 g/mol. The molecule has 3 heteroatoms. The largest absolute Gasteiger partial charge is 0.259 e. The number of rotatable bonds is 2. The Morgan fingerprint density at radius 3 is 2.31 bits per heavy atom. The Balaban J connectivity index is 0.000000671. The molecule has 0 fully saturated rings. The van der Waals surface area contributed by atoms with Crippen molar-refractivity contribution in [3.05, 3.63) is 23.5 Å². The van der Waals surface area contributed by atoms with Crippen molar-refractivity contribution in [2.45, 2.75) is 27.7 Å². The van der Waals surface area contributed by atoms with E-state index in [4.69, 9.17) is 0 Å². The zero-order valence-electron chi connectivity index (χ0n) is 9.09. The van der Waals surface area contributed by atoms with Gasteiger partial charge in [-0.15, -0.1) is 0 Å². The van der Waals surface area contributed by atoms with Crippen LogP contribution in [0.25, 0.3) is 0 Å². The fourth-order valence-electron chi connectivity index (χ4n) is 0.949. The molecular weight excluding hydrogens is 177 g/mol. The zero-order valence-corrected chi connectivity index (χ0v) is 9.90. The molecule has 0 bridgehead atoms. The minimum atomic E-state index is 1.08. The maximum atomic E-state index is 4.35. The lowest BCUT2D eigenvalue weighted by Crippen LogP contribution is -2.16. The van der Waals surface area contributed by atoms with Gasteiger partial charge in [-0.1, -0.05) is 25.4 Å². The zero-order chi connectivity index (χ0) is 10.3. The van der Waals surface area contributed by atoms with Crippen molar-refractivity contribution in [3.8, 4) is 0 Å². The highest BCUT2D eigenvalue weighted by Crippen LogP contribution is 1.96. The summed E-state index contributed by atoms with van der Waals surface area (Å²) in [7, 11) is 0. The number of hydrogen-bond donors (Lipinski definition) is 0. The summed E-state index contributed by atoms with van der Waals surface area (Å²) < 4.78 is 0. The molecule has 1 aromatic rings. The van der Waals surface area contributed by atoms with Gasteiger partial charge in [-0.25, -0.2) is 11.6 Å². The summed E-state index contributed by atoms with van der Waals surface area (Å²) >= 11 is 1.71. The van der Waals surface area contributed by atoms with Crippen LogP contribution < -0.4 is 5.46 Å². The molecule has 1 aromatic heterocycles. The van der Waals surface area contributed by atoms with Crippen molar-refractivity contribution in [2.75, 3.05) is 6.26 Å². The molecule has 0 aromatic carbocycles. The molecule has 0 aliphatic carbocycles. The predicted molar refractivity (Wildman–Crippen MR) is 64.0 cm³/mol. The van der Waals surface area contributed by atoms with Crippen molar-refractivity contribution >= 4 is 23.6 Å². The molecule has 0 amide bonds. The molecule has 0 unspecified atom stereocenters. The fourth-order valence-corrected chi connectivity index (χ4v) is 1.45. The van der Waals surface area contributed by atoms with Gasteiger partial charge in [0.2, 0.25) is 6.56 Å². The summed E-state index contributed by atoms with van der Waals surface area (Å²) in [6.07, 6.45) is 2.05. The van der Waals surface area contributed by atoms with E-state index in [0.717, 1.165) is 11.4 Å². The third-order valence-electron chi connectivity index (χ3n) is 1.51. The number of aromatic nitrogens is 1. The van der Waals surface area contributed by atoms with E-state index in [1.807, 2.05) is 33.8 Å². The summed E-state index contributed by atoms with van der Waals surface area (Å²) in [6, 6.07) is 4.14. The van der Waals surface area contributed by atoms with Gasteiger partial charge >= 0.3 is 0 Å². The second-order valence-electron chi connectivity index (χ2n) is 2.48. The maximum absolute atomic E-state index is 4.35. The standard InChI is InChI=1S/C8H11BNS.C2H6/c1-6-4-5-8(9-11-3)7(2)10-6;1-2/h4-5H,1-3H3;1-2H3. The Kier molecular flexibility index (Phi) is 6.78. The number of aryl methyl sites for hydroxylation is 2. The number of nitrogens with zero attached hydrogens (tertiary/aromatic N) is 1. The average molecular weight is 194 g/mol. The maximum Gasteiger partial charge on any atom is 0.231 e. The van der Waals surface area contributed by atoms with Crippen LogP contribution in [0.2, 0.25) is 0 Å². The fraction of sp³-hybridized carbons (Fsp3) is 0.500. The van der Waals surface area contributed by atoms with Crippen LogP contribution >= 0.6 is 11.6 Å². The molecule has 1 nitrogen and oxygen atoms in total. The van der Waals surface area contributed by atoms with E-state index in [1.165, 1.54) is 5.46 Å². The van der Waals surface area contributed by atoms with E-state index in [0.29, 0.717) is 0 Å². The first kappa shape index (κ1) is 12.6. The van der Waals surface area contributed by atoms with E-state index >= 15 is 0 Å². The highest BCUT2D eigenvalue weighted by atomic mass is 32.2. The van der Waals surface area contributed by atoms with Crippen molar-refractivity contribution in [1.29, 1.82) is 0 Å².